The summed E-state index contributed by atoms with van der Waals surface area (Å²) in [7, 11) is 1.25. The van der Waals surface area contributed by atoms with E-state index in [1.54, 1.807) is 9.58 Å². The number of carbonyl (C=O) groups is 2. The van der Waals surface area contributed by atoms with Crippen molar-refractivity contribution in [3.8, 4) is 11.4 Å². The highest BCUT2D eigenvalue weighted by Crippen LogP contribution is 2.35. The Morgan fingerprint density at radius 2 is 1.76 bits per heavy atom. The average molecular weight is 517 g/mol. The summed E-state index contributed by atoms with van der Waals surface area (Å²) in [5, 5.41) is 8.43. The first kappa shape index (κ1) is 25.3. The molecule has 0 atom stereocenters. The maximum absolute atomic E-state index is 15.0. The van der Waals surface area contributed by atoms with E-state index in [4.69, 9.17) is 9.84 Å². The Labute approximate surface area is 220 Å². The van der Waals surface area contributed by atoms with Gasteiger partial charge in [0.1, 0.15) is 17.4 Å². The third-order valence-electron chi connectivity index (χ3n) is 6.71. The first-order chi connectivity index (χ1) is 18.5. The van der Waals surface area contributed by atoms with Crippen LogP contribution in [0.3, 0.4) is 0 Å². The number of rotatable bonds is 7. The molecule has 1 saturated carbocycles. The first-order valence-corrected chi connectivity index (χ1v) is 12.7. The standard InChI is InChI=1S/C29H29FN4O4/c1-37-27(35)19-38-22-16-17-26(24(30)18-22)31-29(36)33(20-10-4-2-5-11-20)28-23-14-8-9-15-25(23)32-34(28)21-12-6-3-7-13-21/h3,6-9,12-18,20H,2,4-5,10-11,19H2,1H3,(H,31,36). The molecule has 0 aliphatic heterocycles. The van der Waals surface area contributed by atoms with Gasteiger partial charge in [-0.05, 0) is 49.2 Å². The molecule has 0 spiro atoms. The molecule has 3 aromatic carbocycles. The quantitative estimate of drug-likeness (QED) is 0.301. The van der Waals surface area contributed by atoms with E-state index in [2.05, 4.69) is 10.1 Å². The number of anilines is 2. The van der Waals surface area contributed by atoms with Gasteiger partial charge in [0, 0.05) is 17.5 Å². The first-order valence-electron chi connectivity index (χ1n) is 12.7. The molecule has 5 rings (SSSR count). The van der Waals surface area contributed by atoms with E-state index in [1.807, 2.05) is 54.6 Å². The van der Waals surface area contributed by atoms with Gasteiger partial charge in [0.05, 0.1) is 24.0 Å². The van der Waals surface area contributed by atoms with E-state index < -0.39 is 17.8 Å². The topological polar surface area (TPSA) is 85.7 Å². The van der Waals surface area contributed by atoms with Crippen LogP contribution >= 0.6 is 0 Å². The Kier molecular flexibility index (Phi) is 7.53. The summed E-state index contributed by atoms with van der Waals surface area (Å²) >= 11 is 0. The van der Waals surface area contributed by atoms with E-state index in [0.29, 0.717) is 5.82 Å². The van der Waals surface area contributed by atoms with Crippen LogP contribution in [0.15, 0.2) is 72.8 Å². The lowest BCUT2D eigenvalue weighted by Crippen LogP contribution is -2.45. The van der Waals surface area contributed by atoms with E-state index in [0.717, 1.165) is 54.8 Å². The fourth-order valence-corrected chi connectivity index (χ4v) is 4.84. The summed E-state index contributed by atoms with van der Waals surface area (Å²) < 4.78 is 26.6. The number of aromatic nitrogens is 2. The molecule has 1 fully saturated rings. The zero-order valence-electron chi connectivity index (χ0n) is 21.1. The largest absolute Gasteiger partial charge is 0.482 e. The van der Waals surface area contributed by atoms with Gasteiger partial charge < -0.3 is 14.8 Å². The molecule has 0 radical (unpaired) electrons. The van der Waals surface area contributed by atoms with E-state index >= 15 is 4.39 Å². The Hall–Kier alpha value is -4.40. The second-order valence-electron chi connectivity index (χ2n) is 9.19. The predicted octanol–water partition coefficient (Wildman–Crippen LogP) is 6.09. The number of benzene rings is 3. The predicted molar refractivity (Wildman–Crippen MR) is 143 cm³/mol. The Balaban J connectivity index is 1.52. The van der Waals surface area contributed by atoms with Crippen molar-refractivity contribution in [1.82, 2.24) is 9.78 Å². The van der Waals surface area contributed by atoms with Gasteiger partial charge in [0.15, 0.2) is 6.61 Å². The van der Waals surface area contributed by atoms with Crippen LogP contribution in [0.5, 0.6) is 5.75 Å². The van der Waals surface area contributed by atoms with Crippen LogP contribution in [-0.4, -0.2) is 41.5 Å². The fraction of sp³-hybridized carbons (Fsp3) is 0.276. The number of methoxy groups -OCH3 is 1. The molecule has 0 saturated heterocycles. The minimum Gasteiger partial charge on any atom is -0.482 e. The van der Waals surface area contributed by atoms with Gasteiger partial charge in [-0.3, -0.25) is 4.90 Å². The highest BCUT2D eigenvalue weighted by molar-refractivity contribution is 6.07. The zero-order valence-corrected chi connectivity index (χ0v) is 21.1. The van der Waals surface area contributed by atoms with Crippen LogP contribution < -0.4 is 15.0 Å². The monoisotopic (exact) mass is 516 g/mol. The van der Waals surface area contributed by atoms with Crippen molar-refractivity contribution in [3.63, 3.8) is 0 Å². The van der Waals surface area contributed by atoms with Gasteiger partial charge >= 0.3 is 12.0 Å². The van der Waals surface area contributed by atoms with Gasteiger partial charge in [-0.2, -0.15) is 5.10 Å². The number of nitrogens with one attached hydrogen (secondary N) is 1. The lowest BCUT2D eigenvalue weighted by molar-refractivity contribution is -0.142. The van der Waals surface area contributed by atoms with Crippen LogP contribution in [0.4, 0.5) is 20.7 Å². The van der Waals surface area contributed by atoms with Gasteiger partial charge in [-0.25, -0.2) is 18.7 Å². The SMILES string of the molecule is COC(=O)COc1ccc(NC(=O)N(c2c3ccccc3nn2-c2ccccc2)C2CCCCC2)c(F)c1. The molecule has 0 bridgehead atoms. The number of esters is 1. The number of halogens is 1. The van der Waals surface area contributed by atoms with Gasteiger partial charge in [-0.15, -0.1) is 0 Å². The number of fused-ring (bicyclic) bond motifs is 1. The summed E-state index contributed by atoms with van der Waals surface area (Å²) in [6.45, 7) is -0.340. The number of amides is 2. The number of nitrogens with zero attached hydrogens (tertiary/aromatic N) is 3. The van der Waals surface area contributed by atoms with Crippen molar-refractivity contribution >= 4 is 34.4 Å². The number of ether oxygens (including phenoxy) is 2. The van der Waals surface area contributed by atoms with Crippen LogP contribution in [0.1, 0.15) is 32.1 Å². The highest BCUT2D eigenvalue weighted by atomic mass is 19.1. The molecule has 8 nitrogen and oxygen atoms in total. The van der Waals surface area contributed by atoms with E-state index in [1.165, 1.54) is 19.2 Å². The molecular formula is C29H29FN4O4. The molecular weight excluding hydrogens is 487 g/mol. The zero-order chi connectivity index (χ0) is 26.5. The van der Waals surface area contributed by atoms with Crippen molar-refractivity contribution in [2.45, 2.75) is 38.1 Å². The van der Waals surface area contributed by atoms with Crippen molar-refractivity contribution in [2.75, 3.05) is 23.9 Å². The van der Waals surface area contributed by atoms with Crippen LogP contribution in [0, 0.1) is 5.82 Å². The van der Waals surface area contributed by atoms with Crippen molar-refractivity contribution in [3.05, 3.63) is 78.6 Å². The summed E-state index contributed by atoms with van der Waals surface area (Å²) in [6.07, 6.45) is 4.81. The maximum Gasteiger partial charge on any atom is 0.343 e. The molecule has 4 aromatic rings. The number of carbonyl (C=O) groups excluding carboxylic acids is 2. The third-order valence-corrected chi connectivity index (χ3v) is 6.71. The fourth-order valence-electron chi connectivity index (χ4n) is 4.84. The average Bonchev–Trinajstić information content (AvgIpc) is 3.33. The highest BCUT2D eigenvalue weighted by Gasteiger charge is 2.32. The minimum atomic E-state index is -0.675. The van der Waals surface area contributed by atoms with Crippen LogP contribution in [0.2, 0.25) is 0 Å². The lowest BCUT2D eigenvalue weighted by Gasteiger charge is -2.34. The Bertz CT molecular complexity index is 1430. The van der Waals surface area contributed by atoms with Crippen molar-refractivity contribution in [2.24, 2.45) is 0 Å². The van der Waals surface area contributed by atoms with Crippen LogP contribution in [-0.2, 0) is 9.53 Å². The Morgan fingerprint density at radius 1 is 1.03 bits per heavy atom. The van der Waals surface area contributed by atoms with Crippen molar-refractivity contribution in [1.29, 1.82) is 0 Å². The summed E-state index contributed by atoms with van der Waals surface area (Å²) in [5.74, 6) is -0.447. The second kappa shape index (κ2) is 11.3. The van der Waals surface area contributed by atoms with Gasteiger partial charge in [-0.1, -0.05) is 49.6 Å². The molecule has 1 N–H and O–H groups in total. The molecule has 0 unspecified atom stereocenters. The third kappa shape index (κ3) is 5.32. The smallest absolute Gasteiger partial charge is 0.343 e. The number of hydrogen-bond donors (Lipinski definition) is 1. The Morgan fingerprint density at radius 3 is 2.50 bits per heavy atom. The molecule has 1 heterocycles. The van der Waals surface area contributed by atoms with Crippen LogP contribution in [0.25, 0.3) is 16.6 Å². The molecule has 1 aromatic heterocycles. The molecule has 1 aliphatic rings. The summed E-state index contributed by atoms with van der Waals surface area (Å²) in [4.78, 5) is 27.0. The summed E-state index contributed by atoms with van der Waals surface area (Å²) in [6, 6.07) is 20.9. The normalized spacial score (nSPS) is 13.7. The number of para-hydroxylation sites is 1. The molecule has 9 heteroatoms. The second-order valence-corrected chi connectivity index (χ2v) is 9.19. The lowest BCUT2D eigenvalue weighted by atomic mass is 9.94. The van der Waals surface area contributed by atoms with Crippen molar-refractivity contribution < 1.29 is 23.5 Å². The summed E-state index contributed by atoms with van der Waals surface area (Å²) in [5.41, 5.74) is 1.60. The molecule has 2 amide bonds. The molecule has 1 aliphatic carbocycles. The maximum atomic E-state index is 15.0. The molecule has 38 heavy (non-hydrogen) atoms. The minimum absolute atomic E-state index is 0.0105. The number of hydrogen-bond acceptors (Lipinski definition) is 5. The van der Waals surface area contributed by atoms with E-state index in [-0.39, 0.29) is 24.1 Å². The number of urea groups is 1. The van der Waals surface area contributed by atoms with Gasteiger partial charge in [0.25, 0.3) is 0 Å². The van der Waals surface area contributed by atoms with E-state index in [9.17, 15) is 9.59 Å². The molecule has 196 valence electrons. The van der Waals surface area contributed by atoms with Gasteiger partial charge in [0.2, 0.25) is 0 Å².